The third-order valence-electron chi connectivity index (χ3n) is 3.02. The van der Waals surface area contributed by atoms with Gasteiger partial charge in [0.2, 0.25) is 0 Å². The normalized spacial score (nSPS) is 10.5. The average molecular weight is 351 g/mol. The number of nitrogens with one attached hydrogen (secondary N) is 2. The van der Waals surface area contributed by atoms with E-state index in [9.17, 15) is 4.79 Å². The molecule has 3 rings (SSSR count). The van der Waals surface area contributed by atoms with Crippen molar-refractivity contribution in [1.82, 2.24) is 9.78 Å². The predicted molar refractivity (Wildman–Crippen MR) is 89.1 cm³/mol. The summed E-state index contributed by atoms with van der Waals surface area (Å²) in [4.78, 5) is 12.1. The molecule has 2 amide bonds. The van der Waals surface area contributed by atoms with Crippen LogP contribution in [0.15, 0.2) is 53.3 Å². The van der Waals surface area contributed by atoms with E-state index < -0.39 is 6.03 Å². The number of anilines is 2. The van der Waals surface area contributed by atoms with E-state index in [1.165, 1.54) is 0 Å². The van der Waals surface area contributed by atoms with Gasteiger partial charge in [0.15, 0.2) is 0 Å². The van der Waals surface area contributed by atoms with Crippen LogP contribution in [0.25, 0.3) is 0 Å². The molecule has 0 fully saturated rings. The maximum absolute atomic E-state index is 12.1. The Hall–Kier alpha value is -2.44. The van der Waals surface area contributed by atoms with Crippen LogP contribution in [0.3, 0.4) is 0 Å². The summed E-state index contributed by atoms with van der Waals surface area (Å²) in [6.45, 7) is 0.419. The molecule has 0 atom stereocenters. The molecule has 2 aromatic heterocycles. The van der Waals surface area contributed by atoms with Gasteiger partial charge in [-0.05, 0) is 30.3 Å². The fraction of sp³-hybridized carbons (Fsp3) is 0.0667. The lowest BCUT2D eigenvalue weighted by molar-refractivity contribution is 0.262. The summed E-state index contributed by atoms with van der Waals surface area (Å²) < 4.78 is 6.89. The number of halogens is 2. The minimum Gasteiger partial charge on any atom is -0.467 e. The quantitative estimate of drug-likeness (QED) is 0.728. The Kier molecular flexibility index (Phi) is 4.55. The second kappa shape index (κ2) is 6.76. The van der Waals surface area contributed by atoms with E-state index in [4.69, 9.17) is 27.6 Å². The lowest BCUT2D eigenvalue weighted by Gasteiger charge is -2.10. The first kappa shape index (κ1) is 15.5. The summed E-state index contributed by atoms with van der Waals surface area (Å²) in [5.74, 6) is 1.28. The molecule has 0 spiro atoms. The number of amides is 2. The largest absolute Gasteiger partial charge is 0.467 e. The van der Waals surface area contributed by atoms with Crippen LogP contribution in [0, 0.1) is 0 Å². The highest BCUT2D eigenvalue weighted by atomic mass is 35.5. The highest BCUT2D eigenvalue weighted by Crippen LogP contribution is 2.25. The van der Waals surface area contributed by atoms with Crippen molar-refractivity contribution in [3.8, 4) is 0 Å². The number of carbonyl (C=O) groups excluding carboxylic acids is 1. The van der Waals surface area contributed by atoms with Gasteiger partial charge in [0.05, 0.1) is 22.5 Å². The van der Waals surface area contributed by atoms with Crippen LogP contribution in [0.1, 0.15) is 5.76 Å². The van der Waals surface area contributed by atoms with Crippen molar-refractivity contribution in [3.63, 3.8) is 0 Å². The average Bonchev–Trinajstić information content (AvgIpc) is 3.16. The van der Waals surface area contributed by atoms with E-state index in [-0.39, 0.29) is 0 Å². The maximum Gasteiger partial charge on any atom is 0.324 e. The minimum atomic E-state index is -0.412. The second-order valence-electron chi connectivity index (χ2n) is 4.66. The maximum atomic E-state index is 12.1. The van der Waals surface area contributed by atoms with Crippen molar-refractivity contribution >= 4 is 40.7 Å². The molecule has 1 aromatic carbocycles. The van der Waals surface area contributed by atoms with Gasteiger partial charge in [-0.3, -0.25) is 5.32 Å². The summed E-state index contributed by atoms with van der Waals surface area (Å²) in [7, 11) is 0. The summed E-state index contributed by atoms with van der Waals surface area (Å²) >= 11 is 11.8. The number of aromatic nitrogens is 2. The smallest absolute Gasteiger partial charge is 0.324 e. The van der Waals surface area contributed by atoms with Crippen molar-refractivity contribution in [2.75, 3.05) is 10.6 Å². The lowest BCUT2D eigenvalue weighted by atomic mass is 10.3. The third kappa shape index (κ3) is 3.85. The highest BCUT2D eigenvalue weighted by Gasteiger charge is 2.09. The van der Waals surface area contributed by atoms with E-state index in [1.807, 2.05) is 6.07 Å². The first-order valence-electron chi connectivity index (χ1n) is 6.69. The number of carbonyl (C=O) groups is 1. The molecule has 2 heterocycles. The van der Waals surface area contributed by atoms with Gasteiger partial charge in [-0.2, -0.15) is 5.10 Å². The lowest BCUT2D eigenvalue weighted by Crippen LogP contribution is -2.21. The predicted octanol–water partition coefficient (Wildman–Crippen LogP) is 4.48. The molecule has 0 aliphatic rings. The van der Waals surface area contributed by atoms with Gasteiger partial charge in [-0.25, -0.2) is 9.48 Å². The zero-order valence-corrected chi connectivity index (χ0v) is 13.3. The van der Waals surface area contributed by atoms with E-state index in [0.717, 1.165) is 5.76 Å². The van der Waals surface area contributed by atoms with E-state index >= 15 is 0 Å². The van der Waals surface area contributed by atoms with Crippen LogP contribution < -0.4 is 10.6 Å². The first-order valence-corrected chi connectivity index (χ1v) is 7.44. The Bertz CT molecular complexity index is 815. The van der Waals surface area contributed by atoms with Crippen LogP contribution in [0.4, 0.5) is 16.3 Å². The van der Waals surface area contributed by atoms with Crippen LogP contribution in [0.2, 0.25) is 10.0 Å². The van der Waals surface area contributed by atoms with Crippen molar-refractivity contribution in [1.29, 1.82) is 0 Å². The molecule has 0 unspecified atom stereocenters. The van der Waals surface area contributed by atoms with Gasteiger partial charge < -0.3 is 9.73 Å². The van der Waals surface area contributed by atoms with E-state index in [1.54, 1.807) is 47.5 Å². The van der Waals surface area contributed by atoms with Gasteiger partial charge in [-0.1, -0.05) is 23.2 Å². The number of nitrogens with zero attached hydrogens (tertiary/aromatic N) is 2. The Morgan fingerprint density at radius 3 is 2.78 bits per heavy atom. The Morgan fingerprint density at radius 2 is 2.04 bits per heavy atom. The molecule has 0 saturated carbocycles. The molecule has 0 aliphatic carbocycles. The van der Waals surface area contributed by atoms with Crippen LogP contribution in [-0.2, 0) is 6.54 Å². The fourth-order valence-electron chi connectivity index (χ4n) is 1.97. The van der Waals surface area contributed by atoms with Gasteiger partial charge >= 0.3 is 6.03 Å². The summed E-state index contributed by atoms with van der Waals surface area (Å²) in [5, 5.41) is 10.3. The molecule has 118 valence electrons. The molecule has 6 nitrogen and oxygen atoms in total. The topological polar surface area (TPSA) is 72.1 Å². The molecule has 3 aromatic rings. The van der Waals surface area contributed by atoms with Gasteiger partial charge in [0.25, 0.3) is 0 Å². The number of furan rings is 1. The first-order chi connectivity index (χ1) is 11.1. The van der Waals surface area contributed by atoms with Crippen molar-refractivity contribution in [3.05, 3.63) is 64.7 Å². The Balaban J connectivity index is 1.66. The van der Waals surface area contributed by atoms with Crippen LogP contribution in [-0.4, -0.2) is 15.8 Å². The molecule has 23 heavy (non-hydrogen) atoms. The summed E-state index contributed by atoms with van der Waals surface area (Å²) in [6.07, 6.45) is 3.18. The minimum absolute atomic E-state index is 0.368. The zero-order chi connectivity index (χ0) is 16.2. The van der Waals surface area contributed by atoms with E-state index in [2.05, 4.69) is 15.7 Å². The molecule has 0 radical (unpaired) electrons. The number of urea groups is 1. The number of benzene rings is 1. The van der Waals surface area contributed by atoms with Gasteiger partial charge in [0, 0.05) is 11.8 Å². The standard InChI is InChI=1S/C15H12Cl2N4O2/c16-12-4-3-10(8-13(12)17)19-15(22)20-14-5-6-18-21(14)9-11-2-1-7-23-11/h1-8H,9H2,(H2,19,20,22). The second-order valence-corrected chi connectivity index (χ2v) is 5.48. The monoisotopic (exact) mass is 350 g/mol. The molecular formula is C15H12Cl2N4O2. The van der Waals surface area contributed by atoms with E-state index in [0.29, 0.717) is 28.1 Å². The number of hydrogen-bond donors (Lipinski definition) is 2. The highest BCUT2D eigenvalue weighted by molar-refractivity contribution is 6.42. The molecule has 0 bridgehead atoms. The third-order valence-corrected chi connectivity index (χ3v) is 3.76. The van der Waals surface area contributed by atoms with Crippen LogP contribution >= 0.6 is 23.2 Å². The molecular weight excluding hydrogens is 339 g/mol. The molecule has 8 heteroatoms. The zero-order valence-electron chi connectivity index (χ0n) is 11.8. The summed E-state index contributed by atoms with van der Waals surface area (Å²) in [6, 6.07) is 9.75. The van der Waals surface area contributed by atoms with Gasteiger partial charge in [0.1, 0.15) is 18.1 Å². The Labute approximate surface area is 142 Å². The molecule has 0 saturated heterocycles. The SMILES string of the molecule is O=C(Nc1ccc(Cl)c(Cl)c1)Nc1ccnn1Cc1ccco1. The summed E-state index contributed by atoms with van der Waals surface area (Å²) in [5.41, 5.74) is 0.536. The number of hydrogen-bond acceptors (Lipinski definition) is 3. The fourth-order valence-corrected chi connectivity index (χ4v) is 2.27. The van der Waals surface area contributed by atoms with Crippen molar-refractivity contribution < 1.29 is 9.21 Å². The molecule has 2 N–H and O–H groups in total. The molecule has 0 aliphatic heterocycles. The van der Waals surface area contributed by atoms with Gasteiger partial charge in [-0.15, -0.1) is 0 Å². The Morgan fingerprint density at radius 1 is 1.17 bits per heavy atom. The van der Waals surface area contributed by atoms with Crippen molar-refractivity contribution in [2.45, 2.75) is 6.54 Å². The van der Waals surface area contributed by atoms with Crippen LogP contribution in [0.5, 0.6) is 0 Å². The van der Waals surface area contributed by atoms with Crippen molar-refractivity contribution in [2.24, 2.45) is 0 Å². The number of rotatable bonds is 4.